The van der Waals surface area contributed by atoms with Crippen LogP contribution in [0.3, 0.4) is 0 Å². The summed E-state index contributed by atoms with van der Waals surface area (Å²) in [5.74, 6) is -0.0546. The minimum Gasteiger partial charge on any atom is -0.497 e. The SMILES string of the molecule is CC(=O)Nc1cc(NCC2CCC=CO2)ccc1C. The van der Waals surface area contributed by atoms with Gasteiger partial charge in [0.25, 0.3) is 0 Å². The lowest BCUT2D eigenvalue weighted by Gasteiger charge is -2.20. The standard InChI is InChI=1S/C15H20N2O2/c1-11-6-7-13(9-15(11)17-12(2)18)16-10-14-5-3-4-8-19-14/h4,6-9,14,16H,3,5,10H2,1-2H3,(H,17,18). The van der Waals surface area contributed by atoms with Crippen LogP contribution in [0.5, 0.6) is 0 Å². The molecule has 1 aliphatic heterocycles. The normalized spacial score (nSPS) is 17.7. The molecule has 1 aromatic rings. The minimum atomic E-state index is -0.0546. The predicted molar refractivity (Wildman–Crippen MR) is 77.2 cm³/mol. The zero-order valence-electron chi connectivity index (χ0n) is 11.4. The number of anilines is 2. The van der Waals surface area contributed by atoms with Gasteiger partial charge in [0.2, 0.25) is 5.91 Å². The molecule has 4 heteroatoms. The Morgan fingerprint density at radius 3 is 3.00 bits per heavy atom. The molecule has 0 saturated carbocycles. The van der Waals surface area contributed by atoms with E-state index in [2.05, 4.69) is 10.6 Å². The van der Waals surface area contributed by atoms with Crippen molar-refractivity contribution in [2.45, 2.75) is 32.8 Å². The molecular formula is C15H20N2O2. The Morgan fingerprint density at radius 1 is 1.47 bits per heavy atom. The number of carbonyl (C=O) groups excluding carboxylic acids is 1. The molecule has 1 amide bonds. The molecule has 0 fully saturated rings. The maximum atomic E-state index is 11.1. The van der Waals surface area contributed by atoms with Crippen molar-refractivity contribution < 1.29 is 9.53 Å². The molecule has 2 rings (SSSR count). The molecule has 0 radical (unpaired) electrons. The molecule has 4 nitrogen and oxygen atoms in total. The van der Waals surface area contributed by atoms with Crippen molar-refractivity contribution in [2.24, 2.45) is 0 Å². The quantitative estimate of drug-likeness (QED) is 0.874. The summed E-state index contributed by atoms with van der Waals surface area (Å²) in [5.41, 5.74) is 2.90. The summed E-state index contributed by atoms with van der Waals surface area (Å²) >= 11 is 0. The average molecular weight is 260 g/mol. The van der Waals surface area contributed by atoms with Crippen LogP contribution in [0.15, 0.2) is 30.5 Å². The van der Waals surface area contributed by atoms with Crippen LogP contribution in [0, 0.1) is 6.92 Å². The van der Waals surface area contributed by atoms with Crippen LogP contribution in [0.1, 0.15) is 25.3 Å². The number of rotatable bonds is 4. The topological polar surface area (TPSA) is 50.4 Å². The highest BCUT2D eigenvalue weighted by atomic mass is 16.5. The summed E-state index contributed by atoms with van der Waals surface area (Å²) in [7, 11) is 0. The molecule has 1 atom stereocenters. The molecule has 0 spiro atoms. The first-order valence-electron chi connectivity index (χ1n) is 6.58. The number of nitrogens with one attached hydrogen (secondary N) is 2. The number of hydrogen-bond donors (Lipinski definition) is 2. The molecule has 19 heavy (non-hydrogen) atoms. The highest BCUT2D eigenvalue weighted by Crippen LogP contribution is 2.21. The Labute approximate surface area is 113 Å². The number of allylic oxidation sites excluding steroid dienone is 1. The monoisotopic (exact) mass is 260 g/mol. The van der Waals surface area contributed by atoms with E-state index in [1.54, 1.807) is 6.26 Å². The van der Waals surface area contributed by atoms with Crippen molar-refractivity contribution in [3.05, 3.63) is 36.1 Å². The van der Waals surface area contributed by atoms with Gasteiger partial charge in [0.05, 0.1) is 12.8 Å². The minimum absolute atomic E-state index is 0.0546. The van der Waals surface area contributed by atoms with Gasteiger partial charge in [-0.3, -0.25) is 4.79 Å². The van der Waals surface area contributed by atoms with Crippen LogP contribution >= 0.6 is 0 Å². The molecule has 2 N–H and O–H groups in total. The second-order valence-electron chi connectivity index (χ2n) is 4.80. The Hall–Kier alpha value is -1.97. The average Bonchev–Trinajstić information content (AvgIpc) is 2.40. The van der Waals surface area contributed by atoms with E-state index in [0.717, 1.165) is 36.3 Å². The summed E-state index contributed by atoms with van der Waals surface area (Å²) in [6, 6.07) is 5.96. The second-order valence-corrected chi connectivity index (χ2v) is 4.80. The molecule has 0 aromatic heterocycles. The van der Waals surface area contributed by atoms with E-state index in [0.29, 0.717) is 0 Å². The van der Waals surface area contributed by atoms with Crippen molar-refractivity contribution in [3.8, 4) is 0 Å². The van der Waals surface area contributed by atoms with Crippen LogP contribution in [0.2, 0.25) is 0 Å². The largest absolute Gasteiger partial charge is 0.497 e. The Kier molecular flexibility index (Phi) is 4.44. The number of amides is 1. The van der Waals surface area contributed by atoms with E-state index in [1.807, 2.05) is 31.2 Å². The smallest absolute Gasteiger partial charge is 0.221 e. The fraction of sp³-hybridized carbons (Fsp3) is 0.400. The van der Waals surface area contributed by atoms with E-state index in [-0.39, 0.29) is 12.0 Å². The van der Waals surface area contributed by atoms with Gasteiger partial charge in [-0.15, -0.1) is 0 Å². The first-order chi connectivity index (χ1) is 9.15. The summed E-state index contributed by atoms with van der Waals surface area (Å²) < 4.78 is 5.51. The Balaban J connectivity index is 1.96. The van der Waals surface area contributed by atoms with E-state index in [9.17, 15) is 4.79 Å². The van der Waals surface area contributed by atoms with Crippen molar-refractivity contribution in [1.29, 1.82) is 0 Å². The van der Waals surface area contributed by atoms with Crippen molar-refractivity contribution in [2.75, 3.05) is 17.2 Å². The van der Waals surface area contributed by atoms with Gasteiger partial charge < -0.3 is 15.4 Å². The van der Waals surface area contributed by atoms with Crippen molar-refractivity contribution in [3.63, 3.8) is 0 Å². The van der Waals surface area contributed by atoms with Crippen LogP contribution in [-0.4, -0.2) is 18.6 Å². The van der Waals surface area contributed by atoms with Gasteiger partial charge in [-0.2, -0.15) is 0 Å². The summed E-state index contributed by atoms with van der Waals surface area (Å²) in [4.78, 5) is 11.1. The third kappa shape index (κ3) is 4.02. The van der Waals surface area contributed by atoms with E-state index < -0.39 is 0 Å². The predicted octanol–water partition coefficient (Wildman–Crippen LogP) is 3.06. The zero-order valence-corrected chi connectivity index (χ0v) is 11.4. The first kappa shape index (κ1) is 13.5. The molecular weight excluding hydrogens is 240 g/mol. The van der Waals surface area contributed by atoms with Crippen LogP contribution in [0.25, 0.3) is 0 Å². The zero-order chi connectivity index (χ0) is 13.7. The van der Waals surface area contributed by atoms with Crippen LogP contribution in [-0.2, 0) is 9.53 Å². The van der Waals surface area contributed by atoms with E-state index in [4.69, 9.17) is 4.74 Å². The third-order valence-electron chi connectivity index (χ3n) is 3.10. The highest BCUT2D eigenvalue weighted by Gasteiger charge is 2.10. The summed E-state index contributed by atoms with van der Waals surface area (Å²) in [5, 5.41) is 6.18. The molecule has 1 heterocycles. The molecule has 0 aliphatic carbocycles. The lowest BCUT2D eigenvalue weighted by atomic mass is 10.1. The summed E-state index contributed by atoms with van der Waals surface area (Å²) in [6.45, 7) is 4.26. The fourth-order valence-corrected chi connectivity index (χ4v) is 2.02. The van der Waals surface area contributed by atoms with Gasteiger partial charge in [0, 0.05) is 18.3 Å². The highest BCUT2D eigenvalue weighted by molar-refractivity contribution is 5.90. The van der Waals surface area contributed by atoms with E-state index in [1.165, 1.54) is 6.92 Å². The van der Waals surface area contributed by atoms with Crippen molar-refractivity contribution in [1.82, 2.24) is 0 Å². The first-order valence-corrected chi connectivity index (χ1v) is 6.58. The maximum Gasteiger partial charge on any atom is 0.221 e. The maximum absolute atomic E-state index is 11.1. The van der Waals surface area contributed by atoms with Gasteiger partial charge in [-0.25, -0.2) is 0 Å². The molecule has 1 unspecified atom stereocenters. The lowest BCUT2D eigenvalue weighted by molar-refractivity contribution is -0.114. The number of hydrogen-bond acceptors (Lipinski definition) is 3. The van der Waals surface area contributed by atoms with Crippen LogP contribution < -0.4 is 10.6 Å². The van der Waals surface area contributed by atoms with Crippen molar-refractivity contribution >= 4 is 17.3 Å². The van der Waals surface area contributed by atoms with Gasteiger partial charge in [-0.1, -0.05) is 6.07 Å². The summed E-state index contributed by atoms with van der Waals surface area (Å²) in [6.07, 6.45) is 6.13. The Bertz CT molecular complexity index is 483. The number of benzene rings is 1. The molecule has 102 valence electrons. The van der Waals surface area contributed by atoms with Gasteiger partial charge in [0.15, 0.2) is 0 Å². The van der Waals surface area contributed by atoms with Crippen LogP contribution in [0.4, 0.5) is 11.4 Å². The molecule has 0 saturated heterocycles. The van der Waals surface area contributed by atoms with E-state index >= 15 is 0 Å². The van der Waals surface area contributed by atoms with Gasteiger partial charge in [0.1, 0.15) is 6.10 Å². The lowest BCUT2D eigenvalue weighted by Crippen LogP contribution is -2.23. The fourth-order valence-electron chi connectivity index (χ4n) is 2.02. The number of aryl methyl sites for hydroxylation is 1. The van der Waals surface area contributed by atoms with Gasteiger partial charge >= 0.3 is 0 Å². The number of carbonyl (C=O) groups is 1. The second kappa shape index (κ2) is 6.27. The number of ether oxygens (including phenoxy) is 1. The molecule has 1 aliphatic rings. The van der Waals surface area contributed by atoms with Gasteiger partial charge in [-0.05, 0) is 43.5 Å². The molecule has 0 bridgehead atoms. The third-order valence-corrected chi connectivity index (χ3v) is 3.10. The Morgan fingerprint density at radius 2 is 2.32 bits per heavy atom. The molecule has 1 aromatic carbocycles.